The molecule has 2 aromatic carbocycles. The van der Waals surface area contributed by atoms with Crippen LogP contribution in [0.4, 0.5) is 9.18 Å². The second-order valence-electron chi connectivity index (χ2n) is 7.24. The van der Waals surface area contributed by atoms with E-state index in [4.69, 9.17) is 0 Å². The van der Waals surface area contributed by atoms with Crippen LogP contribution >= 0.6 is 0 Å². The minimum atomic E-state index is -0.587. The summed E-state index contributed by atoms with van der Waals surface area (Å²) in [5.74, 6) is -0.934. The zero-order valence-electron chi connectivity index (χ0n) is 16.9. The summed E-state index contributed by atoms with van der Waals surface area (Å²) >= 11 is 0. The van der Waals surface area contributed by atoms with Gasteiger partial charge in [0.1, 0.15) is 11.5 Å². The normalized spacial score (nSPS) is 15.0. The second kappa shape index (κ2) is 8.43. The first-order valence-electron chi connectivity index (χ1n) is 9.96. The number of carbonyl (C=O) groups is 2. The van der Waals surface area contributed by atoms with Crippen molar-refractivity contribution in [1.82, 2.24) is 20.0 Å². The molecule has 7 nitrogen and oxygen atoms in total. The monoisotopic (exact) mass is 420 g/mol. The van der Waals surface area contributed by atoms with E-state index in [9.17, 15) is 18.8 Å². The van der Waals surface area contributed by atoms with Gasteiger partial charge in [0.05, 0.1) is 17.8 Å². The van der Waals surface area contributed by atoms with Gasteiger partial charge in [-0.15, -0.1) is 0 Å². The number of aryl methyl sites for hydroxylation is 1. The maximum Gasteiger partial charge on any atom is 0.329 e. The molecule has 3 aromatic rings. The third-order valence-corrected chi connectivity index (χ3v) is 5.02. The van der Waals surface area contributed by atoms with E-state index in [2.05, 4.69) is 10.4 Å². The van der Waals surface area contributed by atoms with Crippen molar-refractivity contribution in [3.63, 3.8) is 0 Å². The lowest BCUT2D eigenvalue weighted by atomic mass is 10.1. The largest absolute Gasteiger partial charge is 0.329 e. The van der Waals surface area contributed by atoms with Crippen molar-refractivity contribution in [1.29, 1.82) is 0 Å². The van der Waals surface area contributed by atoms with Crippen LogP contribution in [0.1, 0.15) is 30.2 Å². The highest BCUT2D eigenvalue weighted by atomic mass is 19.1. The Bertz CT molecular complexity index is 1210. The van der Waals surface area contributed by atoms with E-state index in [-0.39, 0.29) is 17.8 Å². The van der Waals surface area contributed by atoms with Crippen LogP contribution < -0.4 is 10.9 Å². The van der Waals surface area contributed by atoms with Crippen LogP contribution in [0, 0.1) is 5.82 Å². The van der Waals surface area contributed by atoms with E-state index in [1.165, 1.54) is 35.0 Å². The van der Waals surface area contributed by atoms with Gasteiger partial charge in [0.2, 0.25) is 0 Å². The molecular weight excluding hydrogens is 399 g/mol. The summed E-state index contributed by atoms with van der Waals surface area (Å²) in [5, 5.41) is 5.65. The van der Waals surface area contributed by atoms with E-state index in [1.54, 1.807) is 12.1 Å². The van der Waals surface area contributed by atoms with Crippen molar-refractivity contribution in [3.8, 4) is 5.69 Å². The Morgan fingerprint density at radius 3 is 2.39 bits per heavy atom. The fourth-order valence-electron chi connectivity index (χ4n) is 3.48. The van der Waals surface area contributed by atoms with Gasteiger partial charge in [-0.1, -0.05) is 43.7 Å². The smallest absolute Gasteiger partial charge is 0.303 e. The number of H-pyrrole nitrogens is 1. The highest BCUT2D eigenvalue weighted by Crippen LogP contribution is 2.18. The fourth-order valence-corrected chi connectivity index (χ4v) is 3.48. The van der Waals surface area contributed by atoms with E-state index in [0.29, 0.717) is 28.9 Å². The topological polar surface area (TPSA) is 87.2 Å². The summed E-state index contributed by atoms with van der Waals surface area (Å²) in [4.78, 5) is 39.3. The number of amides is 3. The number of para-hydroxylation sites is 1. The van der Waals surface area contributed by atoms with Crippen LogP contribution in [-0.4, -0.2) is 26.6 Å². The lowest BCUT2D eigenvalue weighted by molar-refractivity contribution is -0.123. The highest BCUT2D eigenvalue weighted by Gasteiger charge is 2.34. The van der Waals surface area contributed by atoms with Crippen LogP contribution in [0.2, 0.25) is 0 Å². The molecule has 0 spiro atoms. The van der Waals surface area contributed by atoms with Gasteiger partial charge in [0.15, 0.2) is 0 Å². The second-order valence-corrected chi connectivity index (χ2v) is 7.24. The maximum atomic E-state index is 13.1. The predicted molar refractivity (Wildman–Crippen MR) is 114 cm³/mol. The molecule has 0 bridgehead atoms. The molecule has 1 aliphatic heterocycles. The molecule has 31 heavy (non-hydrogen) atoms. The third-order valence-electron chi connectivity index (χ3n) is 5.02. The summed E-state index contributed by atoms with van der Waals surface area (Å²) in [7, 11) is 0. The molecule has 0 aliphatic carbocycles. The first kappa shape index (κ1) is 20.3. The van der Waals surface area contributed by atoms with E-state index in [0.717, 1.165) is 11.3 Å². The van der Waals surface area contributed by atoms with E-state index < -0.39 is 17.8 Å². The Morgan fingerprint density at radius 1 is 1.00 bits per heavy atom. The van der Waals surface area contributed by atoms with Crippen LogP contribution in [0.3, 0.4) is 0 Å². The van der Waals surface area contributed by atoms with Gasteiger partial charge in [-0.25, -0.2) is 13.9 Å². The Hall–Kier alpha value is -3.94. The molecule has 1 fully saturated rings. The van der Waals surface area contributed by atoms with Gasteiger partial charge >= 0.3 is 6.03 Å². The summed E-state index contributed by atoms with van der Waals surface area (Å²) in [6.07, 6.45) is 2.83. The molecule has 4 rings (SSSR count). The lowest BCUT2D eigenvalue weighted by Gasteiger charge is -2.11. The number of aromatic amines is 1. The summed E-state index contributed by atoms with van der Waals surface area (Å²) in [5.41, 5.74) is 2.03. The number of nitrogens with one attached hydrogen (secondary N) is 2. The first-order valence-corrected chi connectivity index (χ1v) is 9.96. The van der Waals surface area contributed by atoms with Gasteiger partial charge in [-0.05, 0) is 42.3 Å². The van der Waals surface area contributed by atoms with Crippen molar-refractivity contribution in [2.45, 2.75) is 26.3 Å². The van der Waals surface area contributed by atoms with Gasteiger partial charge in [-0.2, -0.15) is 0 Å². The first-order chi connectivity index (χ1) is 15.0. The van der Waals surface area contributed by atoms with Gasteiger partial charge < -0.3 is 5.32 Å². The molecule has 0 radical (unpaired) electrons. The number of halogens is 1. The number of rotatable bonds is 6. The SMILES string of the molecule is CCCc1[nH]n(-c2ccccc2)c(=O)c1C=C1NC(=O)N(Cc2ccc(F)cc2)C1=O. The standard InChI is InChI=1S/C23H21FN4O3/c1-2-6-19-18(21(29)28(26-19)17-7-4-3-5-8-17)13-20-22(30)27(23(31)25-20)14-15-9-11-16(24)12-10-15/h3-5,7-13,26H,2,6,14H2,1H3,(H,25,31). The van der Waals surface area contributed by atoms with Crippen molar-refractivity contribution in [2.24, 2.45) is 0 Å². The summed E-state index contributed by atoms with van der Waals surface area (Å²) < 4.78 is 14.5. The number of hydrogen-bond donors (Lipinski definition) is 2. The Kier molecular flexibility index (Phi) is 5.53. The molecule has 8 heteroatoms. The molecule has 0 unspecified atom stereocenters. The minimum Gasteiger partial charge on any atom is -0.303 e. The van der Waals surface area contributed by atoms with Crippen molar-refractivity contribution in [3.05, 3.63) is 93.3 Å². The Labute approximate surface area is 177 Å². The molecular formula is C23H21FN4O3. The fraction of sp³-hybridized carbons (Fsp3) is 0.174. The van der Waals surface area contributed by atoms with Gasteiger partial charge in [0, 0.05) is 5.69 Å². The summed E-state index contributed by atoms with van der Waals surface area (Å²) in [6, 6.07) is 14.1. The summed E-state index contributed by atoms with van der Waals surface area (Å²) in [6.45, 7) is 1.99. The number of carbonyl (C=O) groups excluding carboxylic acids is 2. The van der Waals surface area contributed by atoms with Gasteiger partial charge in [0.25, 0.3) is 11.5 Å². The number of imide groups is 1. The average Bonchev–Trinajstić information content (AvgIpc) is 3.22. The zero-order valence-corrected chi connectivity index (χ0v) is 16.9. The van der Waals surface area contributed by atoms with Crippen molar-refractivity contribution in [2.75, 3.05) is 0 Å². The lowest BCUT2D eigenvalue weighted by Crippen LogP contribution is -2.30. The molecule has 0 atom stereocenters. The van der Waals surface area contributed by atoms with Crippen LogP contribution in [0.5, 0.6) is 0 Å². The number of aromatic nitrogens is 2. The molecule has 1 aromatic heterocycles. The third kappa shape index (κ3) is 4.05. The molecule has 158 valence electrons. The predicted octanol–water partition coefficient (Wildman–Crippen LogP) is 3.35. The number of nitrogens with zero attached hydrogens (tertiary/aromatic N) is 2. The van der Waals surface area contributed by atoms with Crippen LogP contribution in [0.15, 0.2) is 65.1 Å². The molecule has 2 heterocycles. The molecule has 1 aliphatic rings. The quantitative estimate of drug-likeness (QED) is 0.474. The van der Waals surface area contributed by atoms with Crippen molar-refractivity contribution < 1.29 is 14.0 Å². The molecule has 3 amide bonds. The molecule has 1 saturated heterocycles. The van der Waals surface area contributed by atoms with E-state index >= 15 is 0 Å². The number of hydrogen-bond acceptors (Lipinski definition) is 3. The minimum absolute atomic E-state index is 0.00544. The van der Waals surface area contributed by atoms with Crippen LogP contribution in [-0.2, 0) is 17.8 Å². The van der Waals surface area contributed by atoms with Crippen molar-refractivity contribution >= 4 is 18.0 Å². The Morgan fingerprint density at radius 2 is 1.71 bits per heavy atom. The number of benzene rings is 2. The zero-order chi connectivity index (χ0) is 22.0. The molecule has 0 saturated carbocycles. The molecule has 2 N–H and O–H groups in total. The average molecular weight is 420 g/mol. The Balaban J connectivity index is 1.67. The number of urea groups is 1. The maximum absolute atomic E-state index is 13.1. The highest BCUT2D eigenvalue weighted by molar-refractivity contribution is 6.13. The van der Waals surface area contributed by atoms with Crippen LogP contribution in [0.25, 0.3) is 11.8 Å². The van der Waals surface area contributed by atoms with E-state index in [1.807, 2.05) is 25.1 Å². The van der Waals surface area contributed by atoms with Gasteiger partial charge in [-0.3, -0.25) is 19.6 Å².